The molecule has 0 radical (unpaired) electrons. The summed E-state index contributed by atoms with van der Waals surface area (Å²) in [6.45, 7) is 0. The van der Waals surface area contributed by atoms with E-state index in [0.717, 1.165) is 88.8 Å². The number of hydrogen-bond acceptors (Lipinski definition) is 3. The van der Waals surface area contributed by atoms with E-state index in [-0.39, 0.29) is 0 Å². The fourth-order valence-corrected chi connectivity index (χ4v) is 9.04. The second-order valence-electron chi connectivity index (χ2n) is 15.2. The highest BCUT2D eigenvalue weighted by Gasteiger charge is 2.22. The van der Waals surface area contributed by atoms with E-state index < -0.39 is 0 Å². The summed E-state index contributed by atoms with van der Waals surface area (Å²) >= 11 is 0. The van der Waals surface area contributed by atoms with Gasteiger partial charge in [-0.2, -0.15) is 0 Å². The summed E-state index contributed by atoms with van der Waals surface area (Å²) in [5, 5.41) is 9.30. The third-order valence-electron chi connectivity index (χ3n) is 11.9. The molecule has 12 rings (SSSR count). The molecule has 2 aromatic heterocycles. The predicted molar refractivity (Wildman–Crippen MR) is 247 cm³/mol. The van der Waals surface area contributed by atoms with Gasteiger partial charge in [0.25, 0.3) is 0 Å². The minimum atomic E-state index is 0.841. The molecule has 0 N–H and O–H groups in total. The van der Waals surface area contributed by atoms with Crippen LogP contribution in [-0.2, 0) is 0 Å². The van der Waals surface area contributed by atoms with Crippen molar-refractivity contribution < 1.29 is 8.83 Å². The average Bonchev–Trinajstić information content (AvgIpc) is 3.89. The SMILES string of the molecule is c1ccc(-c2cccc3c2oc2ccc(N(c4ccc(-c5ccc6ccc7ccccc7c6c5)cc4)c4cccc5oc6c(-c7ccccc7)cccc6c45)cc23)cc1. The molecule has 0 amide bonds. The summed E-state index contributed by atoms with van der Waals surface area (Å²) in [6, 6.07) is 75.6. The number of furan rings is 2. The van der Waals surface area contributed by atoms with Gasteiger partial charge in [0.15, 0.2) is 0 Å². The molecule has 0 bridgehead atoms. The van der Waals surface area contributed by atoms with Gasteiger partial charge in [-0.05, 0) is 92.3 Å². The van der Waals surface area contributed by atoms with Gasteiger partial charge in [0.1, 0.15) is 22.3 Å². The van der Waals surface area contributed by atoms with E-state index in [1.807, 2.05) is 12.1 Å². The molecular weight excluding hydrogens is 719 g/mol. The molecule has 0 aliphatic rings. The van der Waals surface area contributed by atoms with Gasteiger partial charge in [-0.3, -0.25) is 0 Å². The van der Waals surface area contributed by atoms with Crippen molar-refractivity contribution in [3.63, 3.8) is 0 Å². The molecule has 0 spiro atoms. The molecule has 10 aromatic carbocycles. The third kappa shape index (κ3) is 5.44. The first-order chi connectivity index (χ1) is 29.2. The normalized spacial score (nSPS) is 11.7. The minimum Gasteiger partial charge on any atom is -0.455 e. The first-order valence-electron chi connectivity index (χ1n) is 20.1. The van der Waals surface area contributed by atoms with Crippen molar-refractivity contribution in [3.05, 3.63) is 212 Å². The zero-order valence-electron chi connectivity index (χ0n) is 32.0. The lowest BCUT2D eigenvalue weighted by molar-refractivity contribution is 0.669. The van der Waals surface area contributed by atoms with Gasteiger partial charge in [-0.15, -0.1) is 0 Å². The fourth-order valence-electron chi connectivity index (χ4n) is 9.04. The summed E-state index contributed by atoms with van der Waals surface area (Å²) in [6.07, 6.45) is 0. The summed E-state index contributed by atoms with van der Waals surface area (Å²) < 4.78 is 13.4. The maximum Gasteiger partial charge on any atom is 0.143 e. The van der Waals surface area contributed by atoms with E-state index in [9.17, 15) is 0 Å². The van der Waals surface area contributed by atoms with E-state index in [4.69, 9.17) is 8.83 Å². The Bertz CT molecular complexity index is 3540. The lowest BCUT2D eigenvalue weighted by Gasteiger charge is -2.26. The number of hydrogen-bond donors (Lipinski definition) is 0. The Hall–Kier alpha value is -7.88. The average molecular weight is 754 g/mol. The first kappa shape index (κ1) is 33.3. The van der Waals surface area contributed by atoms with Gasteiger partial charge in [-0.25, -0.2) is 0 Å². The van der Waals surface area contributed by atoms with Crippen molar-refractivity contribution in [1.29, 1.82) is 0 Å². The predicted octanol–water partition coefficient (Wildman–Crippen LogP) is 16.3. The zero-order valence-corrected chi connectivity index (χ0v) is 32.0. The van der Waals surface area contributed by atoms with E-state index in [2.05, 4.69) is 205 Å². The molecule has 0 fully saturated rings. The summed E-state index contributed by atoms with van der Waals surface area (Å²) in [7, 11) is 0. The van der Waals surface area contributed by atoms with E-state index in [0.29, 0.717) is 0 Å². The quantitative estimate of drug-likeness (QED) is 0.158. The smallest absolute Gasteiger partial charge is 0.143 e. The molecule has 0 saturated carbocycles. The fraction of sp³-hybridized carbons (Fsp3) is 0. The molecular formula is C56H35NO2. The van der Waals surface area contributed by atoms with Crippen LogP contribution in [0.25, 0.3) is 98.8 Å². The van der Waals surface area contributed by atoms with Crippen LogP contribution in [0.5, 0.6) is 0 Å². The van der Waals surface area contributed by atoms with Crippen LogP contribution in [0, 0.1) is 0 Å². The standard InChI is InChI=1S/C56H35NO2/c1-3-12-37(13-4-1)45-18-9-20-47-50-35-43(32-33-52(50)58-55(45)47)57(51-22-11-23-53-54(51)48-21-10-19-46(56(48)59-53)38-14-5-2-6-15-38)42-30-28-36(29-31-42)41-27-26-40-25-24-39-16-7-8-17-44(39)49(40)34-41/h1-35H. The Labute approximate surface area is 340 Å². The van der Waals surface area contributed by atoms with Crippen LogP contribution < -0.4 is 4.90 Å². The van der Waals surface area contributed by atoms with Crippen LogP contribution in [0.15, 0.2) is 221 Å². The maximum atomic E-state index is 6.77. The largest absolute Gasteiger partial charge is 0.455 e. The van der Waals surface area contributed by atoms with Crippen molar-refractivity contribution in [2.24, 2.45) is 0 Å². The highest BCUT2D eigenvalue weighted by molar-refractivity contribution is 6.17. The van der Waals surface area contributed by atoms with Crippen LogP contribution in [0.1, 0.15) is 0 Å². The number of rotatable bonds is 6. The Morgan fingerprint density at radius 3 is 1.64 bits per heavy atom. The number of benzene rings is 10. The van der Waals surface area contributed by atoms with Gasteiger partial charge in [0.2, 0.25) is 0 Å². The maximum absolute atomic E-state index is 6.77. The summed E-state index contributed by atoms with van der Waals surface area (Å²) in [4.78, 5) is 2.36. The Morgan fingerprint density at radius 2 is 0.881 bits per heavy atom. The lowest BCUT2D eigenvalue weighted by Crippen LogP contribution is -2.10. The Balaban J connectivity index is 1.06. The summed E-state index contributed by atoms with van der Waals surface area (Å²) in [5.41, 5.74) is 13.3. The molecule has 3 heteroatoms. The van der Waals surface area contributed by atoms with Crippen molar-refractivity contribution >= 4 is 82.5 Å². The molecule has 276 valence electrons. The number of para-hydroxylation sites is 2. The van der Waals surface area contributed by atoms with Gasteiger partial charge >= 0.3 is 0 Å². The zero-order chi connectivity index (χ0) is 38.9. The second kappa shape index (κ2) is 13.4. The Morgan fingerprint density at radius 1 is 0.305 bits per heavy atom. The van der Waals surface area contributed by atoms with Gasteiger partial charge in [0, 0.05) is 38.7 Å². The highest BCUT2D eigenvalue weighted by atomic mass is 16.3. The monoisotopic (exact) mass is 753 g/mol. The topological polar surface area (TPSA) is 29.5 Å². The lowest BCUT2D eigenvalue weighted by atomic mass is 9.97. The van der Waals surface area contributed by atoms with Gasteiger partial charge in [0.05, 0.1) is 11.1 Å². The molecule has 3 nitrogen and oxygen atoms in total. The van der Waals surface area contributed by atoms with Crippen molar-refractivity contribution in [1.82, 2.24) is 0 Å². The molecule has 12 aromatic rings. The van der Waals surface area contributed by atoms with E-state index in [1.54, 1.807) is 0 Å². The molecule has 0 atom stereocenters. The van der Waals surface area contributed by atoms with Crippen LogP contribution >= 0.6 is 0 Å². The minimum absolute atomic E-state index is 0.841. The molecule has 0 saturated heterocycles. The molecule has 59 heavy (non-hydrogen) atoms. The van der Waals surface area contributed by atoms with Crippen LogP contribution in [0.3, 0.4) is 0 Å². The van der Waals surface area contributed by atoms with Gasteiger partial charge in [-0.1, -0.05) is 164 Å². The number of nitrogens with zero attached hydrogens (tertiary/aromatic N) is 1. The van der Waals surface area contributed by atoms with Crippen LogP contribution in [0.2, 0.25) is 0 Å². The van der Waals surface area contributed by atoms with Gasteiger partial charge < -0.3 is 13.7 Å². The third-order valence-corrected chi connectivity index (χ3v) is 11.9. The molecule has 2 heterocycles. The van der Waals surface area contributed by atoms with Crippen molar-refractivity contribution in [2.45, 2.75) is 0 Å². The highest BCUT2D eigenvalue weighted by Crippen LogP contribution is 2.46. The molecule has 0 aliphatic heterocycles. The Kier molecular flexibility index (Phi) is 7.54. The first-order valence-corrected chi connectivity index (χ1v) is 20.1. The molecule has 0 unspecified atom stereocenters. The van der Waals surface area contributed by atoms with E-state index in [1.165, 1.54) is 27.1 Å². The van der Waals surface area contributed by atoms with E-state index >= 15 is 0 Å². The second-order valence-corrected chi connectivity index (χ2v) is 15.2. The number of fused-ring (bicyclic) bond motifs is 9. The van der Waals surface area contributed by atoms with Crippen molar-refractivity contribution in [3.8, 4) is 33.4 Å². The van der Waals surface area contributed by atoms with Crippen molar-refractivity contribution in [2.75, 3.05) is 4.90 Å². The summed E-state index contributed by atoms with van der Waals surface area (Å²) in [5.74, 6) is 0. The van der Waals surface area contributed by atoms with Crippen LogP contribution in [-0.4, -0.2) is 0 Å². The van der Waals surface area contributed by atoms with Crippen LogP contribution in [0.4, 0.5) is 17.1 Å². The number of anilines is 3. The molecule has 0 aliphatic carbocycles.